The van der Waals surface area contributed by atoms with Crippen LogP contribution in [0, 0.1) is 18.3 Å². The van der Waals surface area contributed by atoms with Gasteiger partial charge in [-0.05, 0) is 75.8 Å². The van der Waals surface area contributed by atoms with Crippen LogP contribution >= 0.6 is 0 Å². The van der Waals surface area contributed by atoms with Crippen LogP contribution in [0.25, 0.3) is 10.9 Å². The van der Waals surface area contributed by atoms with Gasteiger partial charge in [-0.2, -0.15) is 13.2 Å². The first-order chi connectivity index (χ1) is 19.1. The number of carbonyl (C=O) groups is 1. The van der Waals surface area contributed by atoms with Crippen molar-refractivity contribution in [1.82, 2.24) is 10.3 Å². The fraction of sp³-hybridized carbons (Fsp3) is 0.500. The summed E-state index contributed by atoms with van der Waals surface area (Å²) in [6.45, 7) is 2.77. The number of aryl methyl sites for hydroxylation is 1. The van der Waals surface area contributed by atoms with Gasteiger partial charge in [0.15, 0.2) is 0 Å². The molecule has 0 radical (unpaired) electrons. The van der Waals surface area contributed by atoms with Crippen LogP contribution in [-0.2, 0) is 15.7 Å². The second kappa shape index (κ2) is 12.7. The molecule has 0 amide bonds. The third kappa shape index (κ3) is 7.12. The van der Waals surface area contributed by atoms with Gasteiger partial charge in [-0.1, -0.05) is 38.5 Å². The van der Waals surface area contributed by atoms with E-state index >= 15 is 0 Å². The Kier molecular flexibility index (Phi) is 9.47. The third-order valence-corrected chi connectivity index (χ3v) is 8.20. The van der Waals surface area contributed by atoms with Crippen molar-refractivity contribution < 1.29 is 27.4 Å². The Labute approximate surface area is 240 Å². The molecule has 41 heavy (non-hydrogen) atoms. The van der Waals surface area contributed by atoms with Crippen LogP contribution in [0.2, 0.25) is 0 Å². The standard InChI is InChI=1S/C31H36F3N3O3.CH4/c1-20-13-28(26-8-3-4-9-27(26)36-20)37-23-15-22(31(32,33)34)16-25(17-23)40-12-6-11-35-24-14-21-7-5-10-30(18-21,19-24)29(38)39-2;/h3-4,8-9,13,15-17,21,24,35H,5-7,10-12,14,18-19H2,1-2H3,(H,36,37);1H4. The number of pyridine rings is 1. The molecule has 3 atom stereocenters. The molecule has 222 valence electrons. The van der Waals surface area contributed by atoms with E-state index < -0.39 is 11.7 Å². The van der Waals surface area contributed by atoms with Gasteiger partial charge in [-0.25, -0.2) is 0 Å². The first-order valence-corrected chi connectivity index (χ1v) is 14.0. The summed E-state index contributed by atoms with van der Waals surface area (Å²) in [6, 6.07) is 13.3. The van der Waals surface area contributed by atoms with E-state index in [1.165, 1.54) is 7.11 Å². The average molecular weight is 572 g/mol. The number of esters is 1. The molecule has 2 aromatic carbocycles. The van der Waals surface area contributed by atoms with E-state index in [1.54, 1.807) is 6.07 Å². The minimum atomic E-state index is -4.51. The molecule has 2 fully saturated rings. The number of methoxy groups -OCH3 is 1. The van der Waals surface area contributed by atoms with E-state index in [1.807, 2.05) is 37.3 Å². The van der Waals surface area contributed by atoms with Crippen LogP contribution in [0.5, 0.6) is 5.75 Å². The smallest absolute Gasteiger partial charge is 0.416 e. The third-order valence-electron chi connectivity index (χ3n) is 8.20. The Balaban J connectivity index is 0.00000387. The van der Waals surface area contributed by atoms with E-state index in [4.69, 9.17) is 9.47 Å². The van der Waals surface area contributed by atoms with Gasteiger partial charge in [0.2, 0.25) is 0 Å². The summed E-state index contributed by atoms with van der Waals surface area (Å²) in [5.74, 6) is 0.577. The Morgan fingerprint density at radius 3 is 2.73 bits per heavy atom. The maximum absolute atomic E-state index is 13.7. The molecule has 0 saturated heterocycles. The van der Waals surface area contributed by atoms with Crippen molar-refractivity contribution in [3.05, 3.63) is 59.8 Å². The zero-order valence-corrected chi connectivity index (χ0v) is 22.9. The summed E-state index contributed by atoms with van der Waals surface area (Å²) in [7, 11) is 1.46. The van der Waals surface area contributed by atoms with Crippen LogP contribution in [-0.4, -0.2) is 37.3 Å². The zero-order chi connectivity index (χ0) is 28.3. The summed E-state index contributed by atoms with van der Waals surface area (Å²) < 4.78 is 52.1. The van der Waals surface area contributed by atoms with Crippen LogP contribution < -0.4 is 15.4 Å². The molecule has 0 spiro atoms. The minimum absolute atomic E-state index is 0. The van der Waals surface area contributed by atoms with E-state index in [0.717, 1.165) is 67.3 Å². The highest BCUT2D eigenvalue weighted by molar-refractivity contribution is 5.93. The number of hydrogen-bond acceptors (Lipinski definition) is 6. The lowest BCUT2D eigenvalue weighted by Crippen LogP contribution is -2.49. The van der Waals surface area contributed by atoms with Gasteiger partial charge in [-0.15, -0.1) is 0 Å². The monoisotopic (exact) mass is 571 g/mol. The number of fused-ring (bicyclic) bond motifs is 3. The fourth-order valence-corrected chi connectivity index (χ4v) is 6.52. The number of ether oxygens (including phenoxy) is 2. The van der Waals surface area contributed by atoms with Crippen molar-refractivity contribution in [3.63, 3.8) is 0 Å². The molecule has 1 heterocycles. The number of alkyl halides is 3. The molecule has 1 aromatic heterocycles. The highest BCUT2D eigenvalue weighted by Crippen LogP contribution is 2.49. The molecule has 6 nitrogen and oxygen atoms in total. The number of para-hydroxylation sites is 1. The van der Waals surface area contributed by atoms with Crippen molar-refractivity contribution in [1.29, 1.82) is 0 Å². The number of anilines is 2. The van der Waals surface area contributed by atoms with Crippen LogP contribution in [0.3, 0.4) is 0 Å². The predicted octanol–water partition coefficient (Wildman–Crippen LogP) is 7.81. The molecule has 2 aliphatic rings. The lowest BCUT2D eigenvalue weighted by atomic mass is 9.60. The molecular formula is C32H40F3N3O3. The number of aromatic nitrogens is 1. The SMILES string of the molecule is C.COC(=O)C12CCCC(CC(NCCCOc3cc(Nc4cc(C)nc5ccccc45)cc(C(F)(F)F)c3)C1)C2. The van der Waals surface area contributed by atoms with E-state index in [-0.39, 0.29) is 37.2 Å². The van der Waals surface area contributed by atoms with Crippen molar-refractivity contribution in [2.75, 3.05) is 25.6 Å². The lowest BCUT2D eigenvalue weighted by molar-refractivity contribution is -0.159. The number of hydrogen-bond donors (Lipinski definition) is 2. The Morgan fingerprint density at radius 2 is 1.95 bits per heavy atom. The van der Waals surface area contributed by atoms with Gasteiger partial charge in [0.1, 0.15) is 5.75 Å². The van der Waals surface area contributed by atoms with Crippen molar-refractivity contribution in [2.24, 2.45) is 11.3 Å². The van der Waals surface area contributed by atoms with Gasteiger partial charge in [0.25, 0.3) is 0 Å². The molecule has 9 heteroatoms. The zero-order valence-electron chi connectivity index (χ0n) is 22.9. The number of carbonyl (C=O) groups excluding carboxylic acids is 1. The van der Waals surface area contributed by atoms with Crippen molar-refractivity contribution in [3.8, 4) is 5.75 Å². The molecule has 2 saturated carbocycles. The maximum atomic E-state index is 13.7. The molecular weight excluding hydrogens is 531 g/mol. The molecule has 5 rings (SSSR count). The highest BCUT2D eigenvalue weighted by Gasteiger charge is 2.48. The number of halogens is 3. The summed E-state index contributed by atoms with van der Waals surface area (Å²) >= 11 is 0. The first kappa shape index (κ1) is 30.6. The second-order valence-electron chi connectivity index (χ2n) is 11.2. The quantitative estimate of drug-likeness (QED) is 0.202. The summed E-state index contributed by atoms with van der Waals surface area (Å²) in [5.41, 5.74) is 1.34. The molecule has 3 aromatic rings. The van der Waals surface area contributed by atoms with Crippen LogP contribution in [0.15, 0.2) is 48.5 Å². The van der Waals surface area contributed by atoms with Gasteiger partial charge in [0, 0.05) is 34.6 Å². The second-order valence-corrected chi connectivity index (χ2v) is 11.2. The summed E-state index contributed by atoms with van der Waals surface area (Å²) in [6.07, 6.45) is 1.89. The van der Waals surface area contributed by atoms with Crippen LogP contribution in [0.4, 0.5) is 24.5 Å². The number of rotatable bonds is 9. The first-order valence-electron chi connectivity index (χ1n) is 14.0. The Hall–Kier alpha value is -3.33. The summed E-state index contributed by atoms with van der Waals surface area (Å²) in [4.78, 5) is 17.0. The van der Waals surface area contributed by atoms with Crippen LogP contribution in [0.1, 0.15) is 63.6 Å². The maximum Gasteiger partial charge on any atom is 0.416 e. The molecule has 2 aliphatic carbocycles. The topological polar surface area (TPSA) is 72.5 Å². The molecule has 0 aliphatic heterocycles. The van der Waals surface area contributed by atoms with Gasteiger partial charge in [0.05, 0.1) is 30.2 Å². The van der Waals surface area contributed by atoms with E-state index in [0.29, 0.717) is 30.3 Å². The highest BCUT2D eigenvalue weighted by atomic mass is 19.4. The predicted molar refractivity (Wildman–Crippen MR) is 155 cm³/mol. The van der Waals surface area contributed by atoms with E-state index in [9.17, 15) is 18.0 Å². The molecule has 2 bridgehead atoms. The lowest BCUT2D eigenvalue weighted by Gasteiger charge is -2.46. The van der Waals surface area contributed by atoms with Gasteiger partial charge in [-0.3, -0.25) is 9.78 Å². The summed E-state index contributed by atoms with van der Waals surface area (Å²) in [5, 5.41) is 7.53. The van der Waals surface area contributed by atoms with Gasteiger partial charge >= 0.3 is 12.1 Å². The number of nitrogens with one attached hydrogen (secondary N) is 2. The van der Waals surface area contributed by atoms with E-state index in [2.05, 4.69) is 15.6 Å². The largest absolute Gasteiger partial charge is 0.493 e. The molecule has 3 unspecified atom stereocenters. The van der Waals surface area contributed by atoms with Crippen molar-refractivity contribution in [2.45, 2.75) is 71.5 Å². The average Bonchev–Trinajstić information content (AvgIpc) is 2.91. The number of benzene rings is 2. The minimum Gasteiger partial charge on any atom is -0.493 e. The fourth-order valence-electron chi connectivity index (χ4n) is 6.52. The number of nitrogens with zero attached hydrogens (tertiary/aromatic N) is 1. The van der Waals surface area contributed by atoms with Crippen molar-refractivity contribution >= 4 is 28.2 Å². The van der Waals surface area contributed by atoms with Gasteiger partial charge < -0.3 is 20.1 Å². The molecule has 2 N–H and O–H groups in total. The normalized spacial score (nSPS) is 22.1. The Bertz CT molecular complexity index is 1360. The Morgan fingerprint density at radius 1 is 1.15 bits per heavy atom.